The molecular weight excluding hydrogens is 104 g/mol. The number of carbonyl (C=O) groups is 1. The van der Waals surface area contributed by atoms with Crippen LogP contribution < -0.4 is 0 Å². The molecule has 0 atom stereocenters. The molecule has 0 amide bonds. The van der Waals surface area contributed by atoms with E-state index in [2.05, 4.69) is 6.58 Å². The smallest absolute Gasteiger partial charge is 0.152 e. The van der Waals surface area contributed by atoms with E-state index in [9.17, 15) is 4.79 Å². The van der Waals surface area contributed by atoms with Gasteiger partial charge in [-0.05, 0) is 6.08 Å². The van der Waals surface area contributed by atoms with Gasteiger partial charge in [0.1, 0.15) is 0 Å². The SMILES string of the molecule is C=CC(=O)C[Si]C. The van der Waals surface area contributed by atoms with Crippen molar-refractivity contribution in [2.45, 2.75) is 12.6 Å². The van der Waals surface area contributed by atoms with Crippen LogP contribution in [0.15, 0.2) is 12.7 Å². The summed E-state index contributed by atoms with van der Waals surface area (Å²) in [5.41, 5.74) is 0. The van der Waals surface area contributed by atoms with Crippen LogP contribution in [0.1, 0.15) is 0 Å². The van der Waals surface area contributed by atoms with E-state index in [1.807, 2.05) is 6.55 Å². The Morgan fingerprint density at radius 2 is 2.57 bits per heavy atom. The first-order chi connectivity index (χ1) is 3.31. The van der Waals surface area contributed by atoms with Crippen molar-refractivity contribution in [2.75, 3.05) is 0 Å². The summed E-state index contributed by atoms with van der Waals surface area (Å²) in [4.78, 5) is 10.3. The molecule has 0 aromatic heterocycles. The second-order valence-electron chi connectivity index (χ2n) is 1.20. The van der Waals surface area contributed by atoms with Crippen molar-refractivity contribution >= 4 is 15.3 Å². The molecule has 0 fully saturated rings. The normalized spacial score (nSPS) is 8.14. The minimum atomic E-state index is 0.154. The molecule has 0 aromatic carbocycles. The second-order valence-corrected chi connectivity index (χ2v) is 2.26. The monoisotopic (exact) mass is 112 g/mol. The average molecular weight is 112 g/mol. The van der Waals surface area contributed by atoms with Crippen LogP contribution >= 0.6 is 0 Å². The van der Waals surface area contributed by atoms with Crippen LogP contribution in [0.3, 0.4) is 0 Å². The van der Waals surface area contributed by atoms with E-state index in [0.29, 0.717) is 6.04 Å². The highest BCUT2D eigenvalue weighted by atomic mass is 28.2. The van der Waals surface area contributed by atoms with Gasteiger partial charge in [0.25, 0.3) is 0 Å². The first kappa shape index (κ1) is 6.63. The van der Waals surface area contributed by atoms with Gasteiger partial charge in [-0.15, -0.1) is 0 Å². The van der Waals surface area contributed by atoms with Crippen molar-refractivity contribution in [3.63, 3.8) is 0 Å². The molecule has 7 heavy (non-hydrogen) atoms. The molecule has 38 valence electrons. The summed E-state index contributed by atoms with van der Waals surface area (Å²) >= 11 is 0. The van der Waals surface area contributed by atoms with Crippen molar-refractivity contribution < 1.29 is 4.79 Å². The Balaban J connectivity index is 3.17. The average Bonchev–Trinajstić information content (AvgIpc) is 1.68. The number of rotatable bonds is 3. The third-order valence-corrected chi connectivity index (χ3v) is 1.28. The van der Waals surface area contributed by atoms with E-state index in [-0.39, 0.29) is 5.78 Å². The molecule has 0 N–H and O–H groups in total. The molecule has 0 heterocycles. The summed E-state index contributed by atoms with van der Waals surface area (Å²) in [6.45, 7) is 5.34. The van der Waals surface area contributed by atoms with Gasteiger partial charge in [0.15, 0.2) is 5.78 Å². The second kappa shape index (κ2) is 3.80. The van der Waals surface area contributed by atoms with E-state index in [1.165, 1.54) is 6.08 Å². The van der Waals surface area contributed by atoms with Crippen molar-refractivity contribution in [3.8, 4) is 0 Å². The molecular formula is C5H8OSi. The number of hydrogen-bond donors (Lipinski definition) is 0. The van der Waals surface area contributed by atoms with E-state index < -0.39 is 0 Å². The van der Waals surface area contributed by atoms with Crippen molar-refractivity contribution in [1.82, 2.24) is 0 Å². The molecule has 0 saturated heterocycles. The topological polar surface area (TPSA) is 17.1 Å². The van der Waals surface area contributed by atoms with E-state index in [0.717, 1.165) is 9.52 Å². The number of hydrogen-bond acceptors (Lipinski definition) is 1. The maximum absolute atomic E-state index is 10.3. The summed E-state index contributed by atoms with van der Waals surface area (Å²) in [5, 5.41) is 0. The van der Waals surface area contributed by atoms with Crippen LogP contribution in [0.5, 0.6) is 0 Å². The summed E-state index contributed by atoms with van der Waals surface area (Å²) < 4.78 is 0. The van der Waals surface area contributed by atoms with Crippen LogP contribution in [-0.4, -0.2) is 15.3 Å². The van der Waals surface area contributed by atoms with Crippen LogP contribution in [-0.2, 0) is 4.79 Å². The van der Waals surface area contributed by atoms with Gasteiger partial charge in [-0.25, -0.2) is 0 Å². The maximum atomic E-state index is 10.3. The molecule has 2 radical (unpaired) electrons. The van der Waals surface area contributed by atoms with E-state index in [4.69, 9.17) is 0 Å². The van der Waals surface area contributed by atoms with E-state index >= 15 is 0 Å². The fraction of sp³-hybridized carbons (Fsp3) is 0.400. The third-order valence-electron chi connectivity index (χ3n) is 0.579. The minimum absolute atomic E-state index is 0.154. The number of ketones is 1. The molecule has 2 heteroatoms. The zero-order chi connectivity index (χ0) is 5.70. The molecule has 0 unspecified atom stereocenters. The quantitative estimate of drug-likeness (QED) is 0.392. The molecule has 0 aliphatic rings. The molecule has 0 rings (SSSR count). The lowest BCUT2D eigenvalue weighted by Gasteiger charge is -1.81. The zero-order valence-electron chi connectivity index (χ0n) is 4.40. The van der Waals surface area contributed by atoms with E-state index in [1.54, 1.807) is 0 Å². The lowest BCUT2D eigenvalue weighted by molar-refractivity contribution is -0.112. The Hall–Kier alpha value is -0.373. The lowest BCUT2D eigenvalue weighted by atomic mass is 10.5. The first-order valence-corrected chi connectivity index (χ1v) is 3.82. The first-order valence-electron chi connectivity index (χ1n) is 2.11. The molecule has 0 aromatic rings. The minimum Gasteiger partial charge on any atom is -0.295 e. The summed E-state index contributed by atoms with van der Waals surface area (Å²) in [6, 6.07) is 0.670. The van der Waals surface area contributed by atoms with Gasteiger partial charge in [-0.3, -0.25) is 4.79 Å². The Bertz CT molecular complexity index is 78.1. The molecule has 1 nitrogen and oxygen atoms in total. The van der Waals surface area contributed by atoms with Crippen LogP contribution in [0.25, 0.3) is 0 Å². The van der Waals surface area contributed by atoms with Gasteiger partial charge >= 0.3 is 0 Å². The van der Waals surface area contributed by atoms with Crippen LogP contribution in [0, 0.1) is 0 Å². The van der Waals surface area contributed by atoms with Crippen molar-refractivity contribution in [2.24, 2.45) is 0 Å². The molecule has 0 saturated carbocycles. The lowest BCUT2D eigenvalue weighted by Crippen LogP contribution is -1.93. The van der Waals surface area contributed by atoms with Gasteiger partial charge < -0.3 is 0 Å². The third kappa shape index (κ3) is 3.46. The van der Waals surface area contributed by atoms with Gasteiger partial charge in [0.2, 0.25) is 0 Å². The Morgan fingerprint density at radius 1 is 2.00 bits per heavy atom. The molecule has 0 spiro atoms. The molecule has 0 aliphatic heterocycles. The maximum Gasteiger partial charge on any atom is 0.152 e. The van der Waals surface area contributed by atoms with Gasteiger partial charge in [0, 0.05) is 15.6 Å². The fourth-order valence-corrected chi connectivity index (χ4v) is 0.739. The van der Waals surface area contributed by atoms with Gasteiger partial charge in [-0.2, -0.15) is 0 Å². The molecule has 0 bridgehead atoms. The largest absolute Gasteiger partial charge is 0.295 e. The molecule has 0 aliphatic carbocycles. The predicted octanol–water partition coefficient (Wildman–Crippen LogP) is 0.912. The van der Waals surface area contributed by atoms with Gasteiger partial charge in [0.05, 0.1) is 0 Å². The fourth-order valence-electron chi connectivity index (χ4n) is 0.246. The van der Waals surface area contributed by atoms with Gasteiger partial charge in [-0.1, -0.05) is 13.1 Å². The number of carbonyl (C=O) groups excluding carboxylic acids is 1. The number of allylic oxidation sites excluding steroid dienone is 1. The summed E-state index contributed by atoms with van der Waals surface area (Å²) in [7, 11) is 0.724. The standard InChI is InChI=1S/C5H8OSi/c1-3-5(6)4-7-2/h3H,1,4H2,2H3. The van der Waals surface area contributed by atoms with Crippen molar-refractivity contribution in [3.05, 3.63) is 12.7 Å². The predicted molar refractivity (Wildman–Crippen MR) is 31.6 cm³/mol. The highest BCUT2D eigenvalue weighted by Gasteiger charge is 1.88. The Morgan fingerprint density at radius 3 is 2.71 bits per heavy atom. The Kier molecular flexibility index (Phi) is 3.60. The Labute approximate surface area is 46.2 Å². The highest BCUT2D eigenvalue weighted by Crippen LogP contribution is 1.80. The highest BCUT2D eigenvalue weighted by molar-refractivity contribution is 6.40. The summed E-state index contributed by atoms with van der Waals surface area (Å²) in [6.07, 6.45) is 1.37. The zero-order valence-corrected chi connectivity index (χ0v) is 5.40. The summed E-state index contributed by atoms with van der Waals surface area (Å²) in [5.74, 6) is 0.154. The van der Waals surface area contributed by atoms with Crippen molar-refractivity contribution in [1.29, 1.82) is 0 Å². The van der Waals surface area contributed by atoms with Crippen LogP contribution in [0.4, 0.5) is 0 Å². The van der Waals surface area contributed by atoms with Crippen LogP contribution in [0.2, 0.25) is 12.6 Å².